The first-order chi connectivity index (χ1) is 20.9. The highest BCUT2D eigenvalue weighted by Gasteiger charge is 2.40. The first-order valence-electron chi connectivity index (χ1n) is 13.5. The molecule has 1 spiro atoms. The van der Waals surface area contributed by atoms with Gasteiger partial charge in [-0.05, 0) is 45.3 Å². The fraction of sp³-hybridized carbons (Fsp3) is 0.615. The number of carbonyl (C=O) groups excluding carboxylic acids is 1. The van der Waals surface area contributed by atoms with Crippen molar-refractivity contribution in [2.24, 2.45) is 5.41 Å². The number of hydrogen-bond acceptors (Lipinski definition) is 9. The van der Waals surface area contributed by atoms with Gasteiger partial charge >= 0.3 is 24.3 Å². The largest absolute Gasteiger partial charge is 0.490 e. The molecule has 19 heteroatoms. The van der Waals surface area contributed by atoms with E-state index in [1.165, 1.54) is 0 Å². The standard InChI is InChI=1S/C22H32N6O3.2C2HF3O2/c1-4-16(2)24-20(29)19-26-25-18-13-31-15-22(14-28(18)19)7-10-27(11-8-22)12-17-6-5-9-23-21(17)30-3;2*3-2(4,5)1(6)7/h5-6,9,16H,4,7-8,10-15H2,1-3H3,(H,24,29);2*(H,6,7). The molecule has 0 saturated carbocycles. The Kier molecular flexibility index (Phi) is 13.1. The summed E-state index contributed by atoms with van der Waals surface area (Å²) in [5, 5.41) is 25.7. The molecule has 2 aromatic heterocycles. The molecule has 0 aliphatic carbocycles. The van der Waals surface area contributed by atoms with Crippen LogP contribution in [0.3, 0.4) is 0 Å². The minimum atomic E-state index is -5.08. The monoisotopic (exact) mass is 656 g/mol. The van der Waals surface area contributed by atoms with E-state index in [9.17, 15) is 31.1 Å². The number of fused-ring (bicyclic) bond motifs is 1. The number of pyridine rings is 1. The van der Waals surface area contributed by atoms with Crippen molar-refractivity contribution in [3.05, 3.63) is 35.5 Å². The predicted molar refractivity (Wildman–Crippen MR) is 142 cm³/mol. The lowest BCUT2D eigenvalue weighted by molar-refractivity contribution is -0.193. The van der Waals surface area contributed by atoms with E-state index < -0.39 is 24.3 Å². The molecule has 0 aromatic carbocycles. The highest BCUT2D eigenvalue weighted by molar-refractivity contribution is 5.90. The number of piperidine rings is 1. The van der Waals surface area contributed by atoms with Crippen LogP contribution in [0, 0.1) is 5.41 Å². The van der Waals surface area contributed by atoms with Crippen LogP contribution in [0.25, 0.3) is 0 Å². The third-order valence-electron chi connectivity index (χ3n) is 6.99. The van der Waals surface area contributed by atoms with E-state index in [0.29, 0.717) is 31.5 Å². The van der Waals surface area contributed by atoms with Gasteiger partial charge < -0.3 is 29.6 Å². The molecule has 2 aliphatic rings. The van der Waals surface area contributed by atoms with Crippen molar-refractivity contribution in [1.29, 1.82) is 0 Å². The number of likely N-dealkylation sites (tertiary alicyclic amines) is 1. The van der Waals surface area contributed by atoms with Crippen molar-refractivity contribution >= 4 is 17.8 Å². The third-order valence-corrected chi connectivity index (χ3v) is 6.99. The molecule has 2 aliphatic heterocycles. The summed E-state index contributed by atoms with van der Waals surface area (Å²) in [4.78, 5) is 37.3. The lowest BCUT2D eigenvalue weighted by Crippen LogP contribution is -2.44. The maximum atomic E-state index is 12.7. The molecule has 3 N–H and O–H groups in total. The Morgan fingerprint density at radius 1 is 1.09 bits per heavy atom. The fourth-order valence-electron chi connectivity index (χ4n) is 4.36. The van der Waals surface area contributed by atoms with Crippen molar-refractivity contribution in [2.75, 3.05) is 26.8 Å². The summed E-state index contributed by atoms with van der Waals surface area (Å²) in [5.41, 5.74) is 1.08. The lowest BCUT2D eigenvalue weighted by atomic mass is 9.78. The molecule has 4 heterocycles. The highest BCUT2D eigenvalue weighted by atomic mass is 19.4. The number of rotatable bonds is 6. The van der Waals surface area contributed by atoms with Crippen molar-refractivity contribution < 1.29 is 60.4 Å². The molecule has 0 bridgehead atoms. The second kappa shape index (κ2) is 15.8. The Morgan fingerprint density at radius 3 is 2.18 bits per heavy atom. The van der Waals surface area contributed by atoms with Crippen LogP contribution in [-0.4, -0.2) is 97.9 Å². The number of halogens is 6. The first kappa shape index (κ1) is 37.2. The van der Waals surface area contributed by atoms with Gasteiger partial charge in [0.1, 0.15) is 6.61 Å². The highest BCUT2D eigenvalue weighted by Crippen LogP contribution is 2.37. The number of alkyl halides is 6. The summed E-state index contributed by atoms with van der Waals surface area (Å²) in [6.07, 6.45) is -5.57. The maximum absolute atomic E-state index is 12.7. The van der Waals surface area contributed by atoms with E-state index in [4.69, 9.17) is 29.3 Å². The second-order valence-corrected chi connectivity index (χ2v) is 10.4. The molecule has 45 heavy (non-hydrogen) atoms. The number of ether oxygens (including phenoxy) is 2. The average molecular weight is 657 g/mol. The Morgan fingerprint density at radius 2 is 1.67 bits per heavy atom. The summed E-state index contributed by atoms with van der Waals surface area (Å²) >= 11 is 0. The Bertz CT molecular complexity index is 1270. The minimum Gasteiger partial charge on any atom is -0.481 e. The molecule has 1 atom stereocenters. The molecule has 252 valence electrons. The summed E-state index contributed by atoms with van der Waals surface area (Å²) in [6, 6.07) is 4.11. The van der Waals surface area contributed by atoms with Gasteiger partial charge in [0, 0.05) is 36.3 Å². The third kappa shape index (κ3) is 11.1. The van der Waals surface area contributed by atoms with E-state index in [-0.39, 0.29) is 17.4 Å². The summed E-state index contributed by atoms with van der Waals surface area (Å²) in [7, 11) is 1.66. The normalized spacial score (nSPS) is 16.9. The number of carboxylic acids is 2. The molecule has 1 amide bonds. The lowest BCUT2D eigenvalue weighted by Gasteiger charge is -2.41. The van der Waals surface area contributed by atoms with Crippen molar-refractivity contribution in [2.45, 2.75) is 71.2 Å². The maximum Gasteiger partial charge on any atom is 0.490 e. The Balaban J connectivity index is 0.000000421. The van der Waals surface area contributed by atoms with Crippen LogP contribution in [0.4, 0.5) is 26.3 Å². The van der Waals surface area contributed by atoms with E-state index in [1.54, 1.807) is 13.3 Å². The molecule has 1 saturated heterocycles. The number of aliphatic carboxylic acids is 2. The molecular weight excluding hydrogens is 622 g/mol. The number of aromatic nitrogens is 4. The van der Waals surface area contributed by atoms with Crippen molar-refractivity contribution in [1.82, 2.24) is 30.0 Å². The van der Waals surface area contributed by atoms with E-state index in [1.807, 2.05) is 24.5 Å². The van der Waals surface area contributed by atoms with Gasteiger partial charge in [0.15, 0.2) is 5.82 Å². The fourth-order valence-corrected chi connectivity index (χ4v) is 4.36. The van der Waals surface area contributed by atoms with Crippen molar-refractivity contribution in [3.8, 4) is 5.88 Å². The van der Waals surface area contributed by atoms with Gasteiger partial charge in [-0.2, -0.15) is 26.3 Å². The average Bonchev–Trinajstić information content (AvgIpc) is 3.27. The van der Waals surface area contributed by atoms with Crippen LogP contribution < -0.4 is 10.1 Å². The van der Waals surface area contributed by atoms with Gasteiger partial charge in [0.25, 0.3) is 5.91 Å². The summed E-state index contributed by atoms with van der Waals surface area (Å²) in [6.45, 7) is 8.54. The summed E-state index contributed by atoms with van der Waals surface area (Å²) in [5.74, 6) is -3.87. The predicted octanol–water partition coefficient (Wildman–Crippen LogP) is 3.29. The zero-order valence-electron chi connectivity index (χ0n) is 24.6. The number of nitrogens with one attached hydrogen (secondary N) is 1. The Labute approximate surface area is 253 Å². The first-order valence-corrected chi connectivity index (χ1v) is 13.5. The molecule has 4 rings (SSSR count). The molecule has 1 unspecified atom stereocenters. The smallest absolute Gasteiger partial charge is 0.481 e. The van der Waals surface area contributed by atoms with E-state index in [2.05, 4.69) is 31.5 Å². The summed E-state index contributed by atoms with van der Waals surface area (Å²) < 4.78 is 76.8. The van der Waals surface area contributed by atoms with Crippen LogP contribution in [-0.2, 0) is 34.0 Å². The van der Waals surface area contributed by atoms with Gasteiger partial charge in [-0.3, -0.25) is 9.69 Å². The van der Waals surface area contributed by atoms with Crippen LogP contribution in [0.5, 0.6) is 5.88 Å². The molecule has 13 nitrogen and oxygen atoms in total. The zero-order chi connectivity index (χ0) is 34.0. The number of amides is 1. The topological polar surface area (TPSA) is 169 Å². The van der Waals surface area contributed by atoms with Crippen molar-refractivity contribution in [3.63, 3.8) is 0 Å². The van der Waals surface area contributed by atoms with Gasteiger partial charge in [-0.25, -0.2) is 14.6 Å². The number of methoxy groups -OCH3 is 1. The Hall–Kier alpha value is -4.00. The number of carboxylic acid groups (broad SMARTS) is 2. The minimum absolute atomic E-state index is 0.0193. The quantitative estimate of drug-likeness (QED) is 0.390. The van der Waals surface area contributed by atoms with Crippen LogP contribution in [0.2, 0.25) is 0 Å². The van der Waals surface area contributed by atoms with E-state index in [0.717, 1.165) is 50.3 Å². The molecule has 2 aromatic rings. The van der Waals surface area contributed by atoms with Gasteiger partial charge in [-0.1, -0.05) is 13.0 Å². The van der Waals surface area contributed by atoms with Gasteiger partial charge in [0.2, 0.25) is 11.7 Å². The zero-order valence-corrected chi connectivity index (χ0v) is 24.6. The van der Waals surface area contributed by atoms with E-state index >= 15 is 0 Å². The van der Waals surface area contributed by atoms with Crippen LogP contribution in [0.1, 0.15) is 55.1 Å². The van der Waals surface area contributed by atoms with Crippen LogP contribution in [0.15, 0.2) is 18.3 Å². The van der Waals surface area contributed by atoms with Gasteiger partial charge in [0.05, 0.1) is 13.7 Å². The SMILES string of the molecule is CCC(C)NC(=O)c1nnc2n1CC1(CCN(Cc3cccnc3OC)CC1)COC2.O=C(O)C(F)(F)F.O=C(O)C(F)(F)F. The number of nitrogens with zero attached hydrogens (tertiary/aromatic N) is 5. The molecular formula is C26H34F6N6O7. The van der Waals surface area contributed by atoms with Gasteiger partial charge in [-0.15, -0.1) is 10.2 Å². The second-order valence-electron chi connectivity index (χ2n) is 10.4. The van der Waals surface area contributed by atoms with Crippen LogP contribution >= 0.6 is 0 Å². The molecule has 1 fully saturated rings. The number of hydrogen-bond donors (Lipinski definition) is 3. The molecule has 0 radical (unpaired) electrons. The number of carbonyl (C=O) groups is 3.